The van der Waals surface area contributed by atoms with Crippen molar-refractivity contribution >= 4 is 0 Å². The van der Waals surface area contributed by atoms with Gasteiger partial charge in [-0.05, 0) is 32.0 Å². The van der Waals surface area contributed by atoms with Gasteiger partial charge in [-0.3, -0.25) is 0 Å². The molecule has 4 nitrogen and oxygen atoms in total. The molecule has 0 heterocycles. The molecule has 0 bridgehead atoms. The van der Waals surface area contributed by atoms with Crippen LogP contribution in [-0.4, -0.2) is 38.1 Å². The van der Waals surface area contributed by atoms with Gasteiger partial charge in [0.15, 0.2) is 0 Å². The predicted octanol–water partition coefficient (Wildman–Crippen LogP) is 1.98. The molecule has 4 heteroatoms. The summed E-state index contributed by atoms with van der Waals surface area (Å²) in [5.74, 6) is 6.26. The predicted molar refractivity (Wildman–Crippen MR) is 77.7 cm³/mol. The maximum Gasteiger partial charge on any atom is 0.124 e. The first-order chi connectivity index (χ1) is 9.71. The summed E-state index contributed by atoms with van der Waals surface area (Å²) in [6.45, 7) is 5.47. The van der Waals surface area contributed by atoms with Gasteiger partial charge in [0.1, 0.15) is 12.4 Å². The molecule has 110 valence electrons. The molecule has 0 radical (unpaired) electrons. The zero-order chi connectivity index (χ0) is 14.8. The van der Waals surface area contributed by atoms with Crippen molar-refractivity contribution in [2.75, 3.05) is 26.9 Å². The molecule has 0 fully saturated rings. The van der Waals surface area contributed by atoms with Gasteiger partial charge < -0.3 is 19.3 Å². The van der Waals surface area contributed by atoms with Gasteiger partial charge in [-0.2, -0.15) is 0 Å². The Morgan fingerprint density at radius 1 is 1.35 bits per heavy atom. The van der Waals surface area contributed by atoms with Crippen molar-refractivity contribution in [3.05, 3.63) is 29.3 Å². The first-order valence-corrected chi connectivity index (χ1v) is 6.67. The van der Waals surface area contributed by atoms with Crippen molar-refractivity contribution in [2.24, 2.45) is 0 Å². The van der Waals surface area contributed by atoms with Gasteiger partial charge in [0.05, 0.1) is 26.4 Å². The lowest BCUT2D eigenvalue weighted by molar-refractivity contribution is -0.0121. The summed E-state index contributed by atoms with van der Waals surface area (Å²) >= 11 is 0. The highest BCUT2D eigenvalue weighted by Crippen LogP contribution is 2.21. The number of aliphatic hydroxyl groups excluding tert-OH is 1. The van der Waals surface area contributed by atoms with Crippen LogP contribution in [0.5, 0.6) is 5.75 Å². The van der Waals surface area contributed by atoms with Crippen molar-refractivity contribution in [3.8, 4) is 17.6 Å². The topological polar surface area (TPSA) is 47.9 Å². The van der Waals surface area contributed by atoms with Crippen LogP contribution in [0.1, 0.15) is 25.0 Å². The zero-order valence-electron chi connectivity index (χ0n) is 12.3. The molecule has 20 heavy (non-hydrogen) atoms. The third kappa shape index (κ3) is 5.62. The molecule has 0 aliphatic carbocycles. The Morgan fingerprint density at radius 2 is 2.15 bits per heavy atom. The van der Waals surface area contributed by atoms with Gasteiger partial charge in [0.2, 0.25) is 0 Å². The third-order valence-electron chi connectivity index (χ3n) is 2.67. The SMILES string of the molecule is CCOCC(C)OCc1cc(C#CCO)ccc1OC. The molecule has 0 saturated heterocycles. The van der Waals surface area contributed by atoms with E-state index in [9.17, 15) is 0 Å². The van der Waals surface area contributed by atoms with E-state index in [2.05, 4.69) is 11.8 Å². The van der Waals surface area contributed by atoms with E-state index < -0.39 is 0 Å². The first kappa shape index (κ1) is 16.5. The molecule has 1 N–H and O–H groups in total. The van der Waals surface area contributed by atoms with Crippen molar-refractivity contribution in [2.45, 2.75) is 26.6 Å². The second-order valence-electron chi connectivity index (χ2n) is 4.27. The lowest BCUT2D eigenvalue weighted by Crippen LogP contribution is -2.16. The number of methoxy groups -OCH3 is 1. The van der Waals surface area contributed by atoms with E-state index in [1.54, 1.807) is 7.11 Å². The molecular formula is C16H22O4. The average molecular weight is 278 g/mol. The van der Waals surface area contributed by atoms with E-state index in [0.29, 0.717) is 19.8 Å². The standard InChI is InChI=1S/C16H22O4/c1-4-19-11-13(2)20-12-15-10-14(6-5-9-17)7-8-16(15)18-3/h7-8,10,13,17H,4,9,11-12H2,1-3H3. The number of aliphatic hydroxyl groups is 1. The van der Waals surface area contributed by atoms with E-state index >= 15 is 0 Å². The Hall–Kier alpha value is -1.54. The van der Waals surface area contributed by atoms with E-state index in [0.717, 1.165) is 16.9 Å². The number of rotatable bonds is 7. The molecule has 1 unspecified atom stereocenters. The van der Waals surface area contributed by atoms with Crippen LogP contribution in [0.3, 0.4) is 0 Å². The Bertz CT molecular complexity index is 459. The summed E-state index contributed by atoms with van der Waals surface area (Å²) in [5, 5.41) is 8.72. The fourth-order valence-electron chi connectivity index (χ4n) is 1.67. The third-order valence-corrected chi connectivity index (χ3v) is 2.67. The monoisotopic (exact) mass is 278 g/mol. The van der Waals surface area contributed by atoms with Crippen LogP contribution >= 0.6 is 0 Å². The fourth-order valence-corrected chi connectivity index (χ4v) is 1.67. The van der Waals surface area contributed by atoms with Crippen molar-refractivity contribution < 1.29 is 19.3 Å². The molecule has 0 saturated carbocycles. The highest BCUT2D eigenvalue weighted by molar-refractivity contribution is 5.44. The quantitative estimate of drug-likeness (QED) is 0.775. The number of hydrogen-bond acceptors (Lipinski definition) is 4. The molecular weight excluding hydrogens is 256 g/mol. The highest BCUT2D eigenvalue weighted by atomic mass is 16.5. The Labute approximate surface area is 120 Å². The van der Waals surface area contributed by atoms with Gasteiger partial charge in [0, 0.05) is 17.7 Å². The van der Waals surface area contributed by atoms with Gasteiger partial charge in [-0.15, -0.1) is 0 Å². The minimum Gasteiger partial charge on any atom is -0.496 e. The maximum atomic E-state index is 8.72. The van der Waals surface area contributed by atoms with E-state index in [1.807, 2.05) is 32.0 Å². The molecule has 0 spiro atoms. The van der Waals surface area contributed by atoms with E-state index in [-0.39, 0.29) is 12.7 Å². The van der Waals surface area contributed by atoms with Crippen LogP contribution in [0.25, 0.3) is 0 Å². The molecule has 1 rings (SSSR count). The largest absolute Gasteiger partial charge is 0.496 e. The normalized spacial score (nSPS) is 11.6. The lowest BCUT2D eigenvalue weighted by atomic mass is 10.1. The van der Waals surface area contributed by atoms with Gasteiger partial charge in [-0.25, -0.2) is 0 Å². The fraction of sp³-hybridized carbons (Fsp3) is 0.500. The summed E-state index contributed by atoms with van der Waals surface area (Å²) in [5.41, 5.74) is 1.76. The van der Waals surface area contributed by atoms with Gasteiger partial charge >= 0.3 is 0 Å². The van der Waals surface area contributed by atoms with Crippen LogP contribution in [-0.2, 0) is 16.1 Å². The second kappa shape index (κ2) is 9.38. The molecule has 0 aliphatic heterocycles. The number of ether oxygens (including phenoxy) is 3. The maximum absolute atomic E-state index is 8.72. The van der Waals surface area contributed by atoms with Crippen LogP contribution in [0, 0.1) is 11.8 Å². The Balaban J connectivity index is 2.70. The first-order valence-electron chi connectivity index (χ1n) is 6.67. The molecule has 1 aromatic rings. The molecule has 0 amide bonds. The van der Waals surface area contributed by atoms with Crippen LogP contribution < -0.4 is 4.74 Å². The molecule has 0 aliphatic rings. The molecule has 1 aromatic carbocycles. The van der Waals surface area contributed by atoms with Crippen molar-refractivity contribution in [1.82, 2.24) is 0 Å². The van der Waals surface area contributed by atoms with Crippen LogP contribution in [0.4, 0.5) is 0 Å². The average Bonchev–Trinajstić information content (AvgIpc) is 2.48. The number of benzene rings is 1. The highest BCUT2D eigenvalue weighted by Gasteiger charge is 2.07. The lowest BCUT2D eigenvalue weighted by Gasteiger charge is -2.15. The summed E-state index contributed by atoms with van der Waals surface area (Å²) in [6, 6.07) is 5.62. The number of hydrogen-bond donors (Lipinski definition) is 1. The summed E-state index contributed by atoms with van der Waals surface area (Å²) in [4.78, 5) is 0. The van der Waals surface area contributed by atoms with Gasteiger partial charge in [0.25, 0.3) is 0 Å². The van der Waals surface area contributed by atoms with Gasteiger partial charge in [-0.1, -0.05) is 11.8 Å². The van der Waals surface area contributed by atoms with Crippen LogP contribution in [0.15, 0.2) is 18.2 Å². The summed E-state index contributed by atoms with van der Waals surface area (Å²) in [7, 11) is 1.63. The summed E-state index contributed by atoms with van der Waals surface area (Å²) < 4.78 is 16.3. The minimum absolute atomic E-state index is 0.0202. The molecule has 0 aromatic heterocycles. The van der Waals surface area contributed by atoms with E-state index in [4.69, 9.17) is 19.3 Å². The minimum atomic E-state index is -0.150. The molecule has 1 atom stereocenters. The Morgan fingerprint density at radius 3 is 2.80 bits per heavy atom. The second-order valence-corrected chi connectivity index (χ2v) is 4.27. The van der Waals surface area contributed by atoms with Crippen molar-refractivity contribution in [3.63, 3.8) is 0 Å². The zero-order valence-corrected chi connectivity index (χ0v) is 12.3. The Kier molecular flexibility index (Phi) is 7.74. The van der Waals surface area contributed by atoms with E-state index in [1.165, 1.54) is 0 Å². The van der Waals surface area contributed by atoms with Crippen molar-refractivity contribution in [1.29, 1.82) is 0 Å². The smallest absolute Gasteiger partial charge is 0.124 e. The summed E-state index contributed by atoms with van der Waals surface area (Å²) in [6.07, 6.45) is 0.0202. The van der Waals surface area contributed by atoms with Crippen LogP contribution in [0.2, 0.25) is 0 Å².